The zero-order chi connectivity index (χ0) is 13.9. The van der Waals surface area contributed by atoms with Crippen molar-refractivity contribution in [3.63, 3.8) is 0 Å². The molecule has 0 bridgehead atoms. The minimum atomic E-state index is -0.783. The molecule has 0 atom stereocenters. The molecular formula is C17H18O2. The summed E-state index contributed by atoms with van der Waals surface area (Å²) in [7, 11) is 0. The van der Waals surface area contributed by atoms with Crippen LogP contribution >= 0.6 is 0 Å². The van der Waals surface area contributed by atoms with Gasteiger partial charge in [0.1, 0.15) is 5.75 Å². The normalized spacial score (nSPS) is 11.1. The predicted octanol–water partition coefficient (Wildman–Crippen LogP) is 4.10. The van der Waals surface area contributed by atoms with E-state index < -0.39 is 5.60 Å². The minimum Gasteiger partial charge on any atom is -0.480 e. The highest BCUT2D eigenvalue weighted by molar-refractivity contribution is 5.84. The largest absolute Gasteiger partial charge is 0.480 e. The molecule has 2 nitrogen and oxygen atoms in total. The summed E-state index contributed by atoms with van der Waals surface area (Å²) in [6.45, 7) is 5.10. The summed E-state index contributed by atoms with van der Waals surface area (Å²) in [5.74, 6) is 0.722. The fraction of sp³-hybridized carbons (Fsp3) is 0.235. The first-order valence-electron chi connectivity index (χ1n) is 6.34. The van der Waals surface area contributed by atoms with Gasteiger partial charge >= 0.3 is 0 Å². The molecule has 2 aromatic rings. The summed E-state index contributed by atoms with van der Waals surface area (Å²) in [5.41, 5.74) is 1.52. The van der Waals surface area contributed by atoms with Crippen LogP contribution in [0.4, 0.5) is 0 Å². The van der Waals surface area contributed by atoms with Crippen molar-refractivity contribution >= 4 is 5.78 Å². The van der Waals surface area contributed by atoms with Crippen molar-refractivity contribution in [3.05, 3.63) is 54.6 Å². The van der Waals surface area contributed by atoms with Gasteiger partial charge in [0.25, 0.3) is 0 Å². The number of carbonyl (C=O) groups excluding carboxylic acids is 1. The van der Waals surface area contributed by atoms with Gasteiger partial charge in [-0.05, 0) is 44.0 Å². The molecule has 0 aromatic heterocycles. The van der Waals surface area contributed by atoms with Crippen LogP contribution in [0.5, 0.6) is 5.75 Å². The van der Waals surface area contributed by atoms with Gasteiger partial charge in [-0.1, -0.05) is 42.5 Å². The van der Waals surface area contributed by atoms with E-state index in [0.29, 0.717) is 5.75 Å². The average Bonchev–Trinajstić information content (AvgIpc) is 2.40. The molecule has 0 saturated heterocycles. The van der Waals surface area contributed by atoms with E-state index >= 15 is 0 Å². The molecule has 2 aromatic carbocycles. The van der Waals surface area contributed by atoms with E-state index in [-0.39, 0.29) is 5.78 Å². The number of benzene rings is 2. The van der Waals surface area contributed by atoms with E-state index in [9.17, 15) is 4.79 Å². The van der Waals surface area contributed by atoms with Crippen LogP contribution in [0.1, 0.15) is 20.8 Å². The van der Waals surface area contributed by atoms with Crippen LogP contribution in [0.2, 0.25) is 0 Å². The zero-order valence-electron chi connectivity index (χ0n) is 11.5. The molecule has 98 valence electrons. The van der Waals surface area contributed by atoms with Crippen molar-refractivity contribution in [2.75, 3.05) is 0 Å². The Kier molecular flexibility index (Phi) is 3.70. The van der Waals surface area contributed by atoms with Crippen molar-refractivity contribution in [1.29, 1.82) is 0 Å². The number of rotatable bonds is 4. The first-order chi connectivity index (χ1) is 8.99. The van der Waals surface area contributed by atoms with Crippen molar-refractivity contribution in [3.8, 4) is 16.9 Å². The summed E-state index contributed by atoms with van der Waals surface area (Å²) < 4.78 is 5.70. The van der Waals surface area contributed by atoms with Crippen LogP contribution in [0.3, 0.4) is 0 Å². The van der Waals surface area contributed by atoms with E-state index in [4.69, 9.17) is 4.74 Å². The van der Waals surface area contributed by atoms with Crippen molar-refractivity contribution in [2.24, 2.45) is 0 Å². The summed E-state index contributed by atoms with van der Waals surface area (Å²) in [5, 5.41) is 0. The van der Waals surface area contributed by atoms with Crippen LogP contribution < -0.4 is 4.74 Å². The smallest absolute Gasteiger partial charge is 0.172 e. The first-order valence-corrected chi connectivity index (χ1v) is 6.34. The van der Waals surface area contributed by atoms with Gasteiger partial charge in [-0.25, -0.2) is 0 Å². The van der Waals surface area contributed by atoms with Gasteiger partial charge in [-0.2, -0.15) is 0 Å². The summed E-state index contributed by atoms with van der Waals surface area (Å²) in [4.78, 5) is 11.4. The maximum absolute atomic E-state index is 11.4. The maximum atomic E-state index is 11.4. The number of Topliss-reactive ketones (excluding diaryl/α,β-unsaturated/α-hetero) is 1. The third-order valence-electron chi connectivity index (χ3n) is 3.18. The molecule has 0 aliphatic rings. The molecule has 0 spiro atoms. The van der Waals surface area contributed by atoms with Crippen LogP contribution in [0, 0.1) is 0 Å². The summed E-state index contributed by atoms with van der Waals surface area (Å²) in [6, 6.07) is 17.9. The summed E-state index contributed by atoms with van der Waals surface area (Å²) >= 11 is 0. The van der Waals surface area contributed by atoms with Gasteiger partial charge in [-0.15, -0.1) is 0 Å². The fourth-order valence-corrected chi connectivity index (χ4v) is 1.71. The fourth-order valence-electron chi connectivity index (χ4n) is 1.71. The molecule has 0 amide bonds. The molecule has 0 unspecified atom stereocenters. The standard InChI is InChI=1S/C17H18O2/c1-13(18)17(2,3)19-16-11-9-15(10-12-16)14-7-5-4-6-8-14/h4-12H,1-3H3. The van der Waals surface area contributed by atoms with Crippen LogP contribution in [0.25, 0.3) is 11.1 Å². The molecule has 0 aliphatic heterocycles. The topological polar surface area (TPSA) is 26.3 Å². The second-order valence-electron chi connectivity index (χ2n) is 5.06. The van der Waals surface area contributed by atoms with Crippen LogP contribution in [-0.2, 0) is 4.79 Å². The minimum absolute atomic E-state index is 0.0136. The average molecular weight is 254 g/mol. The lowest BCUT2D eigenvalue weighted by Gasteiger charge is -2.23. The number of hydrogen-bond donors (Lipinski definition) is 0. The van der Waals surface area contributed by atoms with Gasteiger partial charge in [0.15, 0.2) is 11.4 Å². The SMILES string of the molecule is CC(=O)C(C)(C)Oc1ccc(-c2ccccc2)cc1. The van der Waals surface area contributed by atoms with Gasteiger partial charge in [0.2, 0.25) is 0 Å². The van der Waals surface area contributed by atoms with E-state index in [2.05, 4.69) is 12.1 Å². The number of ketones is 1. The first kappa shape index (κ1) is 13.3. The number of ether oxygens (including phenoxy) is 1. The Hall–Kier alpha value is -2.09. The van der Waals surface area contributed by atoms with E-state index in [0.717, 1.165) is 5.56 Å². The molecule has 0 radical (unpaired) electrons. The van der Waals surface area contributed by atoms with Gasteiger partial charge in [-0.3, -0.25) is 4.79 Å². The Morgan fingerprint density at radius 1 is 0.895 bits per heavy atom. The molecule has 0 N–H and O–H groups in total. The highest BCUT2D eigenvalue weighted by atomic mass is 16.5. The Bertz CT molecular complexity index is 554. The lowest BCUT2D eigenvalue weighted by molar-refractivity contribution is -0.129. The Morgan fingerprint density at radius 3 is 1.95 bits per heavy atom. The van der Waals surface area contributed by atoms with Crippen LogP contribution in [-0.4, -0.2) is 11.4 Å². The Labute approximate surface area is 114 Å². The van der Waals surface area contributed by atoms with E-state index in [1.807, 2.05) is 42.5 Å². The number of carbonyl (C=O) groups is 1. The Balaban J connectivity index is 2.18. The highest BCUT2D eigenvalue weighted by Crippen LogP contribution is 2.24. The van der Waals surface area contributed by atoms with Crippen molar-refractivity contribution < 1.29 is 9.53 Å². The zero-order valence-corrected chi connectivity index (χ0v) is 11.5. The Morgan fingerprint density at radius 2 is 1.42 bits per heavy atom. The van der Waals surface area contributed by atoms with Crippen molar-refractivity contribution in [2.45, 2.75) is 26.4 Å². The monoisotopic (exact) mass is 254 g/mol. The van der Waals surface area contributed by atoms with E-state index in [1.165, 1.54) is 5.56 Å². The highest BCUT2D eigenvalue weighted by Gasteiger charge is 2.25. The molecule has 0 saturated carbocycles. The number of hydrogen-bond acceptors (Lipinski definition) is 2. The van der Waals surface area contributed by atoms with Crippen molar-refractivity contribution in [1.82, 2.24) is 0 Å². The molecular weight excluding hydrogens is 236 g/mol. The van der Waals surface area contributed by atoms with E-state index in [1.54, 1.807) is 20.8 Å². The predicted molar refractivity (Wildman–Crippen MR) is 77.3 cm³/mol. The van der Waals surface area contributed by atoms with Gasteiger partial charge in [0, 0.05) is 0 Å². The molecule has 0 aliphatic carbocycles. The molecule has 2 heteroatoms. The second kappa shape index (κ2) is 5.27. The second-order valence-corrected chi connectivity index (χ2v) is 5.06. The van der Waals surface area contributed by atoms with Crippen LogP contribution in [0.15, 0.2) is 54.6 Å². The third kappa shape index (κ3) is 3.22. The van der Waals surface area contributed by atoms with Gasteiger partial charge < -0.3 is 4.74 Å². The summed E-state index contributed by atoms with van der Waals surface area (Å²) in [6.07, 6.45) is 0. The molecule has 19 heavy (non-hydrogen) atoms. The van der Waals surface area contributed by atoms with Gasteiger partial charge in [0.05, 0.1) is 0 Å². The lowest BCUT2D eigenvalue weighted by Crippen LogP contribution is -2.36. The quantitative estimate of drug-likeness (QED) is 0.821. The molecule has 0 heterocycles. The lowest BCUT2D eigenvalue weighted by atomic mass is 10.0. The maximum Gasteiger partial charge on any atom is 0.172 e. The third-order valence-corrected chi connectivity index (χ3v) is 3.18. The molecule has 2 rings (SSSR count). The molecule has 0 fully saturated rings.